The Hall–Kier alpha value is -2.08. The minimum atomic E-state index is -1.49. The van der Waals surface area contributed by atoms with Crippen LogP contribution in [0.1, 0.15) is 37.0 Å². The second-order valence-electron chi connectivity index (χ2n) is 6.85. The van der Waals surface area contributed by atoms with Crippen LogP contribution in [0.3, 0.4) is 0 Å². The Morgan fingerprint density at radius 3 is 2.62 bits per heavy atom. The van der Waals surface area contributed by atoms with Gasteiger partial charge in [0.05, 0.1) is 24.4 Å². The van der Waals surface area contributed by atoms with Crippen LogP contribution in [-0.2, 0) is 6.54 Å². The van der Waals surface area contributed by atoms with Crippen molar-refractivity contribution in [3.63, 3.8) is 0 Å². The van der Waals surface area contributed by atoms with Crippen molar-refractivity contribution in [2.24, 2.45) is 5.92 Å². The lowest BCUT2D eigenvalue weighted by Gasteiger charge is -2.14. The van der Waals surface area contributed by atoms with E-state index in [1.807, 2.05) is 35.9 Å². The van der Waals surface area contributed by atoms with Crippen LogP contribution >= 0.6 is 11.6 Å². The van der Waals surface area contributed by atoms with Gasteiger partial charge >= 0.3 is 0 Å². The number of ether oxygens (including phenoxy) is 1. The molecule has 2 N–H and O–H groups in total. The lowest BCUT2D eigenvalue weighted by molar-refractivity contribution is -0.0423. The van der Waals surface area contributed by atoms with Crippen LogP contribution in [0, 0.1) is 12.8 Å². The lowest BCUT2D eigenvalue weighted by atomic mass is 10.1. The topological polar surface area (TPSA) is 67.5 Å². The number of hydrogen-bond donors (Lipinski definition) is 2. The van der Waals surface area contributed by atoms with Crippen molar-refractivity contribution in [1.82, 2.24) is 9.78 Å². The number of halogens is 1. The van der Waals surface area contributed by atoms with E-state index in [1.165, 1.54) is 0 Å². The van der Waals surface area contributed by atoms with Crippen molar-refractivity contribution in [3.8, 4) is 5.75 Å². The van der Waals surface area contributed by atoms with Gasteiger partial charge in [0.1, 0.15) is 5.75 Å². The molecule has 0 aliphatic carbocycles. The van der Waals surface area contributed by atoms with Gasteiger partial charge in [0, 0.05) is 21.5 Å². The van der Waals surface area contributed by atoms with Crippen LogP contribution in [0.5, 0.6) is 5.75 Å². The third-order valence-electron chi connectivity index (χ3n) is 4.17. The van der Waals surface area contributed by atoms with E-state index < -0.39 is 6.29 Å². The highest BCUT2D eigenvalue weighted by Gasteiger charge is 2.13. The Balaban J connectivity index is 1.97. The number of aliphatic hydroxyl groups excluding tert-OH is 1. The molecule has 1 heterocycles. The minimum absolute atomic E-state index is 0.426. The predicted octanol–water partition coefficient (Wildman–Crippen LogP) is 4.06. The van der Waals surface area contributed by atoms with Crippen LogP contribution < -0.4 is 4.74 Å². The van der Waals surface area contributed by atoms with Crippen LogP contribution in [0.25, 0.3) is 10.9 Å². The summed E-state index contributed by atoms with van der Waals surface area (Å²) in [5.74, 6) is 1.22. The first-order valence-corrected chi connectivity index (χ1v) is 8.97. The lowest BCUT2D eigenvalue weighted by Crippen LogP contribution is -2.09. The van der Waals surface area contributed by atoms with Crippen molar-refractivity contribution < 1.29 is 14.9 Å². The molecular formula is C20H23ClN2O3. The van der Waals surface area contributed by atoms with E-state index in [0.29, 0.717) is 29.7 Å². The van der Waals surface area contributed by atoms with Crippen molar-refractivity contribution in [3.05, 3.63) is 58.2 Å². The van der Waals surface area contributed by atoms with Crippen LogP contribution in [-0.4, -0.2) is 26.6 Å². The molecule has 1 aromatic heterocycles. The van der Waals surface area contributed by atoms with Gasteiger partial charge in [0.2, 0.25) is 0 Å². The molecule has 3 aromatic rings. The zero-order valence-electron chi connectivity index (χ0n) is 15.1. The number of nitrogens with zero attached hydrogens (tertiary/aromatic N) is 2. The summed E-state index contributed by atoms with van der Waals surface area (Å²) in [6.07, 6.45) is -1.49. The van der Waals surface area contributed by atoms with Crippen molar-refractivity contribution in [1.29, 1.82) is 0 Å². The van der Waals surface area contributed by atoms with Crippen molar-refractivity contribution in [2.75, 3.05) is 6.61 Å². The number of fused-ring (bicyclic) bond motifs is 1. The molecule has 0 bridgehead atoms. The van der Waals surface area contributed by atoms with E-state index >= 15 is 0 Å². The maximum absolute atomic E-state index is 9.38. The zero-order valence-corrected chi connectivity index (χ0v) is 15.9. The number of aliphatic hydroxyl groups is 2. The van der Waals surface area contributed by atoms with Gasteiger partial charge in [0.25, 0.3) is 0 Å². The van der Waals surface area contributed by atoms with E-state index in [1.54, 1.807) is 12.1 Å². The van der Waals surface area contributed by atoms with Crippen LogP contribution in [0.4, 0.5) is 0 Å². The van der Waals surface area contributed by atoms with Gasteiger partial charge in [-0.25, -0.2) is 0 Å². The average Bonchev–Trinajstić information content (AvgIpc) is 2.89. The Bertz CT molecular complexity index is 919. The predicted molar refractivity (Wildman–Crippen MR) is 103 cm³/mol. The molecule has 138 valence electrons. The summed E-state index contributed by atoms with van der Waals surface area (Å²) in [6.45, 7) is 7.26. The van der Waals surface area contributed by atoms with E-state index in [0.717, 1.165) is 27.9 Å². The first-order chi connectivity index (χ1) is 12.3. The smallest absolute Gasteiger partial charge is 0.178 e. The fourth-order valence-corrected chi connectivity index (χ4v) is 3.06. The Morgan fingerprint density at radius 2 is 1.92 bits per heavy atom. The highest BCUT2D eigenvalue weighted by molar-refractivity contribution is 6.30. The normalized spacial score (nSPS) is 11.7. The maximum atomic E-state index is 9.38. The summed E-state index contributed by atoms with van der Waals surface area (Å²) >= 11 is 6.18. The Labute approximate surface area is 157 Å². The molecule has 0 atom stereocenters. The Kier molecular flexibility index (Phi) is 5.51. The molecule has 0 aliphatic heterocycles. The molecule has 0 radical (unpaired) electrons. The van der Waals surface area contributed by atoms with Crippen molar-refractivity contribution in [2.45, 2.75) is 33.6 Å². The van der Waals surface area contributed by atoms with E-state index in [-0.39, 0.29) is 0 Å². The van der Waals surface area contributed by atoms with E-state index in [2.05, 4.69) is 18.9 Å². The molecule has 0 spiro atoms. The van der Waals surface area contributed by atoms with Gasteiger partial charge in [-0.1, -0.05) is 31.5 Å². The van der Waals surface area contributed by atoms with Gasteiger partial charge in [-0.3, -0.25) is 4.68 Å². The summed E-state index contributed by atoms with van der Waals surface area (Å²) in [5, 5.41) is 24.9. The van der Waals surface area contributed by atoms with Crippen LogP contribution in [0.15, 0.2) is 36.4 Å². The molecular weight excluding hydrogens is 352 g/mol. The molecule has 0 aliphatic rings. The van der Waals surface area contributed by atoms with Gasteiger partial charge in [-0.05, 0) is 43.2 Å². The van der Waals surface area contributed by atoms with E-state index in [9.17, 15) is 10.2 Å². The fourth-order valence-electron chi connectivity index (χ4n) is 2.87. The molecule has 2 aromatic carbocycles. The maximum Gasteiger partial charge on any atom is 0.178 e. The molecule has 6 heteroatoms. The number of hydrogen-bond acceptors (Lipinski definition) is 4. The number of benzene rings is 2. The third-order valence-corrected chi connectivity index (χ3v) is 4.41. The molecule has 0 amide bonds. The largest absolute Gasteiger partial charge is 0.493 e. The minimum Gasteiger partial charge on any atom is -0.493 e. The molecule has 0 saturated heterocycles. The molecule has 0 saturated carbocycles. The summed E-state index contributed by atoms with van der Waals surface area (Å²) in [4.78, 5) is 0. The standard InChI is InChI=1S/C20H23ClN2O3/c1-12(2)11-26-19-7-5-16(21)8-15(19)10-23-18-6-4-14(20(24)25)9-17(18)13(3)22-23/h4-9,12,20,24-25H,10-11H2,1-3H3. The molecule has 26 heavy (non-hydrogen) atoms. The molecule has 3 rings (SSSR count). The molecule has 5 nitrogen and oxygen atoms in total. The zero-order chi connectivity index (χ0) is 18.8. The van der Waals surface area contributed by atoms with E-state index in [4.69, 9.17) is 16.3 Å². The summed E-state index contributed by atoms with van der Waals surface area (Å²) in [5.41, 5.74) is 3.15. The quantitative estimate of drug-likeness (QED) is 0.638. The number of rotatable bonds is 6. The summed E-state index contributed by atoms with van der Waals surface area (Å²) in [6, 6.07) is 10.9. The highest BCUT2D eigenvalue weighted by atomic mass is 35.5. The third kappa shape index (κ3) is 4.01. The first-order valence-electron chi connectivity index (χ1n) is 8.59. The van der Waals surface area contributed by atoms with Gasteiger partial charge in [-0.15, -0.1) is 0 Å². The molecule has 0 unspecified atom stereocenters. The SMILES string of the molecule is Cc1nn(Cc2cc(Cl)ccc2OCC(C)C)c2ccc(C(O)O)cc12. The monoisotopic (exact) mass is 374 g/mol. The number of aromatic nitrogens is 2. The van der Waals surface area contributed by atoms with Crippen LogP contribution in [0.2, 0.25) is 5.02 Å². The van der Waals surface area contributed by atoms with Gasteiger partial charge < -0.3 is 14.9 Å². The first kappa shape index (κ1) is 18.7. The van der Waals surface area contributed by atoms with Crippen molar-refractivity contribution >= 4 is 22.5 Å². The second kappa shape index (κ2) is 7.66. The number of aryl methyl sites for hydroxylation is 1. The second-order valence-corrected chi connectivity index (χ2v) is 7.29. The summed E-state index contributed by atoms with van der Waals surface area (Å²) < 4.78 is 7.81. The van der Waals surface area contributed by atoms with Gasteiger partial charge in [0.15, 0.2) is 6.29 Å². The average molecular weight is 375 g/mol. The van der Waals surface area contributed by atoms with Gasteiger partial charge in [-0.2, -0.15) is 5.10 Å². The summed E-state index contributed by atoms with van der Waals surface area (Å²) in [7, 11) is 0. The molecule has 0 fully saturated rings. The highest BCUT2D eigenvalue weighted by Crippen LogP contribution is 2.27. The Morgan fingerprint density at radius 1 is 1.15 bits per heavy atom. The fraction of sp³-hybridized carbons (Fsp3) is 0.350.